The van der Waals surface area contributed by atoms with Crippen LogP contribution in [0.25, 0.3) is 10.9 Å². The number of hydrogen-bond acceptors (Lipinski definition) is 1. The molecule has 5 heteroatoms. The summed E-state index contributed by atoms with van der Waals surface area (Å²) in [4.78, 5) is 0. The fourth-order valence-corrected chi connectivity index (χ4v) is 2.08. The summed E-state index contributed by atoms with van der Waals surface area (Å²) in [5, 5.41) is 4.08. The highest BCUT2D eigenvalue weighted by Crippen LogP contribution is 2.23. The molecule has 2 nitrogen and oxygen atoms in total. The van der Waals surface area contributed by atoms with Crippen LogP contribution < -0.4 is 5.32 Å². The molecule has 0 bridgehead atoms. The lowest BCUT2D eigenvalue weighted by atomic mass is 10.1. The van der Waals surface area contributed by atoms with Crippen LogP contribution in [0.3, 0.4) is 0 Å². The van der Waals surface area contributed by atoms with Crippen molar-refractivity contribution in [1.82, 2.24) is 9.88 Å². The zero-order valence-corrected chi connectivity index (χ0v) is 10.8. The molecular weight excluding hydrogens is 253 g/mol. The summed E-state index contributed by atoms with van der Waals surface area (Å²) in [7, 11) is 0. The predicted molar refractivity (Wildman–Crippen MR) is 70.0 cm³/mol. The minimum atomic E-state index is -4.19. The molecule has 1 heterocycles. The van der Waals surface area contributed by atoms with Crippen molar-refractivity contribution in [2.75, 3.05) is 6.54 Å². The lowest BCUT2D eigenvalue weighted by Gasteiger charge is -2.10. The van der Waals surface area contributed by atoms with Crippen LogP contribution in [0.5, 0.6) is 0 Å². The third-order valence-corrected chi connectivity index (χ3v) is 2.94. The number of hydrogen-bond donors (Lipinski definition) is 1. The average Bonchev–Trinajstić information content (AvgIpc) is 2.70. The first-order valence-corrected chi connectivity index (χ1v) is 6.35. The SMILES string of the molecule is CCCNCc1ccc2ccn(CC(F)(F)F)c2c1. The maximum atomic E-state index is 12.5. The molecule has 0 spiro atoms. The minimum Gasteiger partial charge on any atom is -0.338 e. The van der Waals surface area contributed by atoms with Crippen LogP contribution in [-0.4, -0.2) is 17.3 Å². The summed E-state index contributed by atoms with van der Waals surface area (Å²) in [6.07, 6.45) is -1.67. The van der Waals surface area contributed by atoms with E-state index in [0.29, 0.717) is 12.1 Å². The summed E-state index contributed by atoms with van der Waals surface area (Å²) in [6, 6.07) is 7.35. The molecule has 2 aromatic rings. The highest BCUT2D eigenvalue weighted by Gasteiger charge is 2.28. The number of halogens is 3. The fraction of sp³-hybridized carbons (Fsp3) is 0.429. The van der Waals surface area contributed by atoms with Crippen molar-refractivity contribution in [3.05, 3.63) is 36.0 Å². The quantitative estimate of drug-likeness (QED) is 0.820. The van der Waals surface area contributed by atoms with Gasteiger partial charge in [0.15, 0.2) is 0 Å². The van der Waals surface area contributed by atoms with E-state index in [9.17, 15) is 13.2 Å². The lowest BCUT2D eigenvalue weighted by molar-refractivity contribution is -0.139. The summed E-state index contributed by atoms with van der Waals surface area (Å²) < 4.78 is 38.6. The molecule has 0 aliphatic carbocycles. The zero-order chi connectivity index (χ0) is 13.9. The van der Waals surface area contributed by atoms with Crippen LogP contribution in [0.2, 0.25) is 0 Å². The Hall–Kier alpha value is -1.49. The van der Waals surface area contributed by atoms with Crippen LogP contribution in [0.1, 0.15) is 18.9 Å². The van der Waals surface area contributed by atoms with E-state index in [4.69, 9.17) is 0 Å². The summed E-state index contributed by atoms with van der Waals surface area (Å²) >= 11 is 0. The van der Waals surface area contributed by atoms with Gasteiger partial charge in [0.05, 0.1) is 0 Å². The molecule has 0 saturated carbocycles. The van der Waals surface area contributed by atoms with Crippen LogP contribution in [0.15, 0.2) is 30.5 Å². The standard InChI is InChI=1S/C14H17F3N2/c1-2-6-18-9-11-3-4-12-5-7-19(13(12)8-11)10-14(15,16)17/h3-5,7-8,18H,2,6,9-10H2,1H3. The first-order valence-electron chi connectivity index (χ1n) is 6.35. The molecule has 0 amide bonds. The zero-order valence-electron chi connectivity index (χ0n) is 10.8. The van der Waals surface area contributed by atoms with Gasteiger partial charge in [0.2, 0.25) is 0 Å². The molecule has 19 heavy (non-hydrogen) atoms. The van der Waals surface area contributed by atoms with E-state index in [1.165, 1.54) is 10.8 Å². The maximum absolute atomic E-state index is 12.5. The van der Waals surface area contributed by atoms with E-state index in [1.807, 2.05) is 18.2 Å². The first-order chi connectivity index (χ1) is 8.99. The molecule has 104 valence electrons. The topological polar surface area (TPSA) is 17.0 Å². The third kappa shape index (κ3) is 3.73. The number of alkyl halides is 3. The van der Waals surface area contributed by atoms with E-state index in [0.717, 1.165) is 23.9 Å². The summed E-state index contributed by atoms with van der Waals surface area (Å²) in [5.74, 6) is 0. The highest BCUT2D eigenvalue weighted by molar-refractivity contribution is 5.80. The minimum absolute atomic E-state index is 0.633. The molecule has 0 aliphatic heterocycles. The summed E-state index contributed by atoms with van der Waals surface area (Å²) in [6.45, 7) is 2.72. The van der Waals surface area contributed by atoms with Crippen molar-refractivity contribution in [3.8, 4) is 0 Å². The predicted octanol–water partition coefficient (Wildman–Crippen LogP) is 3.70. The van der Waals surface area contributed by atoms with Gasteiger partial charge in [0, 0.05) is 18.3 Å². The van der Waals surface area contributed by atoms with Crippen molar-refractivity contribution in [3.63, 3.8) is 0 Å². The van der Waals surface area contributed by atoms with Crippen molar-refractivity contribution in [2.45, 2.75) is 32.6 Å². The molecule has 0 saturated heterocycles. The number of benzene rings is 1. The largest absolute Gasteiger partial charge is 0.406 e. The molecule has 1 N–H and O–H groups in total. The third-order valence-electron chi connectivity index (χ3n) is 2.94. The second-order valence-electron chi connectivity index (χ2n) is 4.63. The summed E-state index contributed by atoms with van der Waals surface area (Å²) in [5.41, 5.74) is 1.64. The van der Waals surface area contributed by atoms with Gasteiger partial charge >= 0.3 is 6.18 Å². The fourth-order valence-electron chi connectivity index (χ4n) is 2.08. The second-order valence-corrected chi connectivity index (χ2v) is 4.63. The molecule has 1 aromatic carbocycles. The van der Waals surface area contributed by atoms with Gasteiger partial charge in [-0.3, -0.25) is 0 Å². The molecule has 0 fully saturated rings. The Kier molecular flexibility index (Phi) is 4.14. The lowest BCUT2D eigenvalue weighted by Crippen LogP contribution is -2.17. The Bertz CT molecular complexity index is 543. The van der Waals surface area contributed by atoms with Crippen molar-refractivity contribution in [1.29, 1.82) is 0 Å². The molecule has 0 radical (unpaired) electrons. The monoisotopic (exact) mass is 270 g/mol. The van der Waals surface area contributed by atoms with Gasteiger partial charge in [0.25, 0.3) is 0 Å². The van der Waals surface area contributed by atoms with Crippen LogP contribution in [0, 0.1) is 0 Å². The normalized spacial score (nSPS) is 12.2. The molecular formula is C14H17F3N2. The smallest absolute Gasteiger partial charge is 0.338 e. The Morgan fingerprint density at radius 3 is 2.68 bits per heavy atom. The Morgan fingerprint density at radius 2 is 2.00 bits per heavy atom. The van der Waals surface area contributed by atoms with E-state index in [2.05, 4.69) is 12.2 Å². The number of fused-ring (bicyclic) bond motifs is 1. The van der Waals surface area contributed by atoms with E-state index in [1.54, 1.807) is 6.07 Å². The van der Waals surface area contributed by atoms with Crippen molar-refractivity contribution >= 4 is 10.9 Å². The Labute approximate surface area is 110 Å². The first kappa shape index (κ1) is 13.9. The maximum Gasteiger partial charge on any atom is 0.406 e. The molecule has 1 aromatic heterocycles. The van der Waals surface area contributed by atoms with Crippen LogP contribution >= 0.6 is 0 Å². The van der Waals surface area contributed by atoms with Gasteiger partial charge in [-0.2, -0.15) is 13.2 Å². The Morgan fingerprint density at radius 1 is 1.21 bits per heavy atom. The van der Waals surface area contributed by atoms with Gasteiger partial charge in [-0.05, 0) is 36.0 Å². The van der Waals surface area contributed by atoms with Gasteiger partial charge in [-0.25, -0.2) is 0 Å². The molecule has 0 atom stereocenters. The van der Waals surface area contributed by atoms with E-state index in [-0.39, 0.29) is 0 Å². The van der Waals surface area contributed by atoms with Crippen LogP contribution in [0.4, 0.5) is 13.2 Å². The van der Waals surface area contributed by atoms with Crippen molar-refractivity contribution in [2.24, 2.45) is 0 Å². The van der Waals surface area contributed by atoms with E-state index < -0.39 is 12.7 Å². The van der Waals surface area contributed by atoms with E-state index >= 15 is 0 Å². The Balaban J connectivity index is 2.22. The number of nitrogens with one attached hydrogen (secondary N) is 1. The average molecular weight is 270 g/mol. The highest BCUT2D eigenvalue weighted by atomic mass is 19.4. The number of rotatable bonds is 5. The molecule has 2 rings (SSSR count). The molecule has 0 aliphatic rings. The van der Waals surface area contributed by atoms with Gasteiger partial charge in [-0.1, -0.05) is 19.1 Å². The van der Waals surface area contributed by atoms with Gasteiger partial charge in [-0.15, -0.1) is 0 Å². The second kappa shape index (κ2) is 5.65. The van der Waals surface area contributed by atoms with Crippen molar-refractivity contribution < 1.29 is 13.2 Å². The number of aromatic nitrogens is 1. The molecule has 0 unspecified atom stereocenters. The van der Waals surface area contributed by atoms with Gasteiger partial charge < -0.3 is 9.88 Å². The van der Waals surface area contributed by atoms with Crippen LogP contribution in [-0.2, 0) is 13.1 Å². The number of nitrogens with zero attached hydrogens (tertiary/aromatic N) is 1. The van der Waals surface area contributed by atoms with Gasteiger partial charge in [0.1, 0.15) is 6.54 Å².